The molecule has 0 bridgehead atoms. The van der Waals surface area contributed by atoms with Gasteiger partial charge in [0, 0.05) is 25.6 Å². The van der Waals surface area contributed by atoms with Crippen LogP contribution in [0.15, 0.2) is 0 Å². The fourth-order valence-corrected chi connectivity index (χ4v) is 2.43. The fraction of sp³-hybridized carbons (Fsp3) is 1.00. The third-order valence-corrected chi connectivity index (χ3v) is 3.44. The first-order chi connectivity index (χ1) is 6.24. The van der Waals surface area contributed by atoms with Gasteiger partial charge >= 0.3 is 0 Å². The summed E-state index contributed by atoms with van der Waals surface area (Å²) < 4.78 is 5.85. The van der Waals surface area contributed by atoms with Crippen LogP contribution in [0.1, 0.15) is 19.3 Å². The summed E-state index contributed by atoms with van der Waals surface area (Å²) in [5.41, 5.74) is 0.125. The zero-order valence-electron chi connectivity index (χ0n) is 8.33. The number of rotatable bonds is 1. The molecule has 76 valence electrons. The van der Waals surface area contributed by atoms with Crippen LogP contribution in [0.4, 0.5) is 0 Å². The zero-order chi connectivity index (χ0) is 9.31. The predicted molar refractivity (Wildman–Crippen MR) is 50.6 cm³/mol. The summed E-state index contributed by atoms with van der Waals surface area (Å²) >= 11 is 0. The summed E-state index contributed by atoms with van der Waals surface area (Å²) in [6.45, 7) is 3.33. The Bertz CT molecular complexity index is 176. The minimum absolute atomic E-state index is 0.125. The summed E-state index contributed by atoms with van der Waals surface area (Å²) in [4.78, 5) is 2.35. The summed E-state index contributed by atoms with van der Waals surface area (Å²) in [5, 5.41) is 9.04. The number of aliphatic hydroxyl groups is 1. The summed E-state index contributed by atoms with van der Waals surface area (Å²) in [6.07, 6.45) is 3.34. The van der Waals surface area contributed by atoms with Gasteiger partial charge in [0.1, 0.15) is 0 Å². The molecule has 0 aromatic carbocycles. The number of ether oxygens (including phenoxy) is 1. The maximum Gasteiger partial charge on any atom is 0.0711 e. The van der Waals surface area contributed by atoms with Crippen LogP contribution in [0.2, 0.25) is 0 Å². The van der Waals surface area contributed by atoms with Gasteiger partial charge in [-0.3, -0.25) is 0 Å². The van der Waals surface area contributed by atoms with Crippen LogP contribution in [-0.4, -0.2) is 49.0 Å². The molecule has 2 heterocycles. The normalized spacial score (nSPS) is 34.2. The molecule has 2 aliphatic heterocycles. The molecule has 3 heteroatoms. The number of piperidine rings is 1. The van der Waals surface area contributed by atoms with Crippen molar-refractivity contribution in [2.24, 2.45) is 5.92 Å². The second kappa shape index (κ2) is 3.56. The molecule has 0 aliphatic carbocycles. The molecule has 0 radical (unpaired) electrons. The highest BCUT2D eigenvalue weighted by atomic mass is 16.5. The summed E-state index contributed by atoms with van der Waals surface area (Å²) in [7, 11) is 2.16. The van der Waals surface area contributed by atoms with Crippen molar-refractivity contribution >= 4 is 0 Å². The first-order valence-electron chi connectivity index (χ1n) is 5.17. The van der Waals surface area contributed by atoms with Crippen molar-refractivity contribution in [1.29, 1.82) is 0 Å². The average molecular weight is 185 g/mol. The van der Waals surface area contributed by atoms with Crippen molar-refractivity contribution in [3.8, 4) is 0 Å². The van der Waals surface area contributed by atoms with Crippen molar-refractivity contribution < 1.29 is 9.84 Å². The van der Waals surface area contributed by atoms with Gasteiger partial charge in [-0.1, -0.05) is 0 Å². The predicted octanol–water partition coefficient (Wildman–Crippen LogP) is 0.480. The number of aliphatic hydroxyl groups excluding tert-OH is 1. The Kier molecular flexibility index (Phi) is 2.58. The van der Waals surface area contributed by atoms with Crippen molar-refractivity contribution in [2.75, 3.05) is 33.4 Å². The summed E-state index contributed by atoms with van der Waals surface area (Å²) in [6, 6.07) is 0. The van der Waals surface area contributed by atoms with E-state index in [1.807, 2.05) is 0 Å². The third-order valence-electron chi connectivity index (χ3n) is 3.44. The van der Waals surface area contributed by atoms with Crippen molar-refractivity contribution in [3.63, 3.8) is 0 Å². The Morgan fingerprint density at radius 3 is 2.69 bits per heavy atom. The Morgan fingerprint density at radius 1 is 1.46 bits per heavy atom. The van der Waals surface area contributed by atoms with Crippen molar-refractivity contribution in [3.05, 3.63) is 0 Å². The molecule has 3 nitrogen and oxygen atoms in total. The molecule has 2 saturated heterocycles. The van der Waals surface area contributed by atoms with E-state index in [1.54, 1.807) is 0 Å². The minimum Gasteiger partial charge on any atom is -0.396 e. The van der Waals surface area contributed by atoms with Gasteiger partial charge in [-0.05, 0) is 26.3 Å². The smallest absolute Gasteiger partial charge is 0.0711 e. The maximum atomic E-state index is 9.04. The Labute approximate surface area is 79.7 Å². The molecular formula is C10H19NO2. The van der Waals surface area contributed by atoms with Crippen LogP contribution in [0, 0.1) is 5.92 Å². The standard InChI is InChI=1S/C10H19NO2/c1-11-4-2-10(3-5-11)6-9(7-12)8-13-10/h9,12H,2-8H2,1H3. The van der Waals surface area contributed by atoms with Gasteiger partial charge < -0.3 is 14.7 Å². The lowest BCUT2D eigenvalue weighted by Crippen LogP contribution is -2.42. The van der Waals surface area contributed by atoms with Crippen molar-refractivity contribution in [2.45, 2.75) is 24.9 Å². The molecule has 2 aliphatic rings. The van der Waals surface area contributed by atoms with E-state index in [0.29, 0.717) is 5.92 Å². The van der Waals surface area contributed by atoms with E-state index >= 15 is 0 Å². The third kappa shape index (κ3) is 1.87. The molecule has 1 unspecified atom stereocenters. The second-order valence-electron chi connectivity index (χ2n) is 4.55. The maximum absolute atomic E-state index is 9.04. The SMILES string of the molecule is CN1CCC2(CC1)CC(CO)CO2. The largest absolute Gasteiger partial charge is 0.396 e. The Morgan fingerprint density at radius 2 is 2.15 bits per heavy atom. The minimum atomic E-state index is 0.125. The Balaban J connectivity index is 1.92. The molecule has 1 atom stereocenters. The van der Waals surface area contributed by atoms with Gasteiger partial charge in [-0.2, -0.15) is 0 Å². The molecular weight excluding hydrogens is 166 g/mol. The number of nitrogens with zero attached hydrogens (tertiary/aromatic N) is 1. The first kappa shape index (κ1) is 9.44. The Hall–Kier alpha value is -0.120. The van der Waals surface area contributed by atoms with E-state index in [0.717, 1.165) is 39.0 Å². The van der Waals surface area contributed by atoms with Crippen LogP contribution >= 0.6 is 0 Å². The molecule has 0 amide bonds. The number of hydrogen-bond acceptors (Lipinski definition) is 3. The topological polar surface area (TPSA) is 32.7 Å². The highest BCUT2D eigenvalue weighted by molar-refractivity contribution is 4.92. The van der Waals surface area contributed by atoms with E-state index in [2.05, 4.69) is 11.9 Å². The molecule has 0 saturated carbocycles. The van der Waals surface area contributed by atoms with Crippen LogP contribution in [-0.2, 0) is 4.74 Å². The van der Waals surface area contributed by atoms with Crippen LogP contribution in [0.25, 0.3) is 0 Å². The molecule has 1 N–H and O–H groups in total. The lowest BCUT2D eigenvalue weighted by molar-refractivity contribution is -0.0396. The molecule has 0 aromatic rings. The second-order valence-corrected chi connectivity index (χ2v) is 4.55. The monoisotopic (exact) mass is 185 g/mol. The number of likely N-dealkylation sites (tertiary alicyclic amines) is 1. The van der Waals surface area contributed by atoms with E-state index < -0.39 is 0 Å². The zero-order valence-corrected chi connectivity index (χ0v) is 8.33. The van der Waals surface area contributed by atoms with Crippen LogP contribution < -0.4 is 0 Å². The molecule has 13 heavy (non-hydrogen) atoms. The molecule has 2 fully saturated rings. The number of hydrogen-bond donors (Lipinski definition) is 1. The van der Waals surface area contributed by atoms with E-state index in [4.69, 9.17) is 9.84 Å². The molecule has 0 aromatic heterocycles. The van der Waals surface area contributed by atoms with E-state index in [-0.39, 0.29) is 12.2 Å². The lowest BCUT2D eigenvalue weighted by Gasteiger charge is -2.37. The van der Waals surface area contributed by atoms with Gasteiger partial charge in [0.2, 0.25) is 0 Å². The summed E-state index contributed by atoms with van der Waals surface area (Å²) in [5.74, 6) is 0.392. The molecule has 2 rings (SSSR count). The quantitative estimate of drug-likeness (QED) is 0.645. The van der Waals surface area contributed by atoms with E-state index in [1.165, 1.54) is 0 Å². The van der Waals surface area contributed by atoms with Gasteiger partial charge in [0.05, 0.1) is 12.2 Å². The van der Waals surface area contributed by atoms with Gasteiger partial charge in [-0.25, -0.2) is 0 Å². The highest BCUT2D eigenvalue weighted by Gasteiger charge is 2.41. The van der Waals surface area contributed by atoms with Crippen molar-refractivity contribution in [1.82, 2.24) is 4.90 Å². The molecule has 1 spiro atoms. The van der Waals surface area contributed by atoms with E-state index in [9.17, 15) is 0 Å². The average Bonchev–Trinajstić information content (AvgIpc) is 2.55. The fourth-order valence-electron chi connectivity index (χ4n) is 2.43. The van der Waals surface area contributed by atoms with Gasteiger partial charge in [0.25, 0.3) is 0 Å². The van der Waals surface area contributed by atoms with Gasteiger partial charge in [-0.15, -0.1) is 0 Å². The van der Waals surface area contributed by atoms with Crippen LogP contribution in [0.3, 0.4) is 0 Å². The highest BCUT2D eigenvalue weighted by Crippen LogP contribution is 2.37. The lowest BCUT2D eigenvalue weighted by atomic mass is 9.86. The van der Waals surface area contributed by atoms with Gasteiger partial charge in [0.15, 0.2) is 0 Å². The van der Waals surface area contributed by atoms with Crippen LogP contribution in [0.5, 0.6) is 0 Å². The first-order valence-corrected chi connectivity index (χ1v) is 5.17.